The summed E-state index contributed by atoms with van der Waals surface area (Å²) in [6.45, 7) is 0. The minimum Gasteiger partial charge on any atom is -0.325 e. The SMILES string of the molecule is N=C1NC(=N)c2c1cc1ccc(F)cc1c2-c1cccc(F)c1. The molecule has 4 rings (SSSR count). The third-order valence-electron chi connectivity index (χ3n) is 3.99. The summed E-state index contributed by atoms with van der Waals surface area (Å²) in [7, 11) is 0. The second-order valence-electron chi connectivity index (χ2n) is 5.42. The first-order valence-corrected chi connectivity index (χ1v) is 7.01. The largest absolute Gasteiger partial charge is 0.325 e. The van der Waals surface area contributed by atoms with Crippen LogP contribution in [-0.4, -0.2) is 11.7 Å². The Kier molecular flexibility index (Phi) is 2.78. The number of fused-ring (bicyclic) bond motifs is 2. The van der Waals surface area contributed by atoms with E-state index < -0.39 is 11.6 Å². The van der Waals surface area contributed by atoms with Crippen LogP contribution in [0.2, 0.25) is 0 Å². The predicted molar refractivity (Wildman–Crippen MR) is 86.1 cm³/mol. The van der Waals surface area contributed by atoms with Crippen molar-refractivity contribution in [3.05, 3.63) is 71.3 Å². The zero-order valence-corrected chi connectivity index (χ0v) is 11.9. The number of hydrogen-bond acceptors (Lipinski definition) is 2. The molecule has 0 amide bonds. The van der Waals surface area contributed by atoms with Gasteiger partial charge >= 0.3 is 0 Å². The average molecular weight is 307 g/mol. The van der Waals surface area contributed by atoms with Crippen molar-refractivity contribution in [2.45, 2.75) is 0 Å². The van der Waals surface area contributed by atoms with Crippen molar-refractivity contribution in [1.29, 1.82) is 10.8 Å². The van der Waals surface area contributed by atoms with Crippen LogP contribution in [0.25, 0.3) is 21.9 Å². The van der Waals surface area contributed by atoms with Gasteiger partial charge in [0.05, 0.1) is 0 Å². The summed E-state index contributed by atoms with van der Waals surface area (Å²) in [6.07, 6.45) is 0. The van der Waals surface area contributed by atoms with Gasteiger partial charge in [-0.1, -0.05) is 18.2 Å². The summed E-state index contributed by atoms with van der Waals surface area (Å²) < 4.78 is 27.4. The molecule has 0 unspecified atom stereocenters. The lowest BCUT2D eigenvalue weighted by Gasteiger charge is -2.13. The zero-order chi connectivity index (χ0) is 16.1. The Hall–Kier alpha value is -3.08. The van der Waals surface area contributed by atoms with Crippen LogP contribution >= 0.6 is 0 Å². The number of halogens is 2. The van der Waals surface area contributed by atoms with E-state index in [9.17, 15) is 8.78 Å². The zero-order valence-electron chi connectivity index (χ0n) is 11.9. The topological polar surface area (TPSA) is 59.7 Å². The Morgan fingerprint density at radius 3 is 2.35 bits per heavy atom. The Morgan fingerprint density at radius 2 is 1.57 bits per heavy atom. The van der Waals surface area contributed by atoms with Gasteiger partial charge in [0.15, 0.2) is 0 Å². The molecule has 0 aromatic heterocycles. The van der Waals surface area contributed by atoms with Crippen molar-refractivity contribution in [1.82, 2.24) is 5.32 Å². The minimum absolute atomic E-state index is 0.0652. The summed E-state index contributed by atoms with van der Waals surface area (Å²) in [5, 5.41) is 20.1. The minimum atomic E-state index is -0.405. The van der Waals surface area contributed by atoms with E-state index in [1.165, 1.54) is 24.3 Å². The first-order chi connectivity index (χ1) is 11.0. The first kappa shape index (κ1) is 13.6. The van der Waals surface area contributed by atoms with E-state index in [1.807, 2.05) is 0 Å². The lowest BCUT2D eigenvalue weighted by atomic mass is 9.90. The van der Waals surface area contributed by atoms with E-state index in [4.69, 9.17) is 10.8 Å². The van der Waals surface area contributed by atoms with E-state index in [1.54, 1.807) is 24.3 Å². The summed E-state index contributed by atoms with van der Waals surface area (Å²) in [6, 6.07) is 12.1. The van der Waals surface area contributed by atoms with Gasteiger partial charge in [-0.3, -0.25) is 10.8 Å². The quantitative estimate of drug-likeness (QED) is 0.624. The molecule has 1 heterocycles. The highest BCUT2D eigenvalue weighted by atomic mass is 19.1. The maximum absolute atomic E-state index is 13.8. The van der Waals surface area contributed by atoms with Crippen LogP contribution in [0.15, 0.2) is 48.5 Å². The molecule has 0 saturated heterocycles. The molecule has 1 aliphatic heterocycles. The maximum Gasteiger partial charge on any atom is 0.132 e. The lowest BCUT2D eigenvalue weighted by molar-refractivity contribution is 0.628. The van der Waals surface area contributed by atoms with Crippen LogP contribution in [0, 0.1) is 22.5 Å². The molecule has 0 radical (unpaired) electrons. The molecular weight excluding hydrogens is 296 g/mol. The molecule has 0 saturated carbocycles. The summed E-state index contributed by atoms with van der Waals surface area (Å²) in [5.74, 6) is -0.621. The van der Waals surface area contributed by atoms with Gasteiger partial charge in [-0.15, -0.1) is 0 Å². The number of benzene rings is 3. The standard InChI is InChI=1S/C18H11F2N3/c19-11-3-1-2-10(6-11)15-13-8-12(20)5-4-9(13)7-14-16(15)18(22)23-17(14)21/h1-8H,(H3,21,22,23). The highest BCUT2D eigenvalue weighted by molar-refractivity contribution is 6.28. The van der Waals surface area contributed by atoms with E-state index in [0.29, 0.717) is 27.6 Å². The van der Waals surface area contributed by atoms with Crippen molar-refractivity contribution in [3.8, 4) is 11.1 Å². The molecule has 0 bridgehead atoms. The van der Waals surface area contributed by atoms with Gasteiger partial charge in [0.2, 0.25) is 0 Å². The van der Waals surface area contributed by atoms with Crippen molar-refractivity contribution < 1.29 is 8.78 Å². The van der Waals surface area contributed by atoms with E-state index in [-0.39, 0.29) is 11.7 Å². The molecular formula is C18H11F2N3. The summed E-state index contributed by atoms with van der Waals surface area (Å²) in [4.78, 5) is 0. The second-order valence-corrected chi connectivity index (χ2v) is 5.42. The molecule has 3 N–H and O–H groups in total. The smallest absolute Gasteiger partial charge is 0.132 e. The molecule has 0 fully saturated rings. The fourth-order valence-corrected chi connectivity index (χ4v) is 3.02. The Morgan fingerprint density at radius 1 is 0.783 bits per heavy atom. The van der Waals surface area contributed by atoms with Crippen LogP contribution in [-0.2, 0) is 0 Å². The van der Waals surface area contributed by atoms with Crippen molar-refractivity contribution >= 4 is 22.4 Å². The van der Waals surface area contributed by atoms with Crippen LogP contribution in [0.3, 0.4) is 0 Å². The van der Waals surface area contributed by atoms with E-state index >= 15 is 0 Å². The highest BCUT2D eigenvalue weighted by Gasteiger charge is 2.27. The van der Waals surface area contributed by atoms with Gasteiger partial charge in [0.25, 0.3) is 0 Å². The average Bonchev–Trinajstić information content (AvgIpc) is 2.79. The van der Waals surface area contributed by atoms with Crippen molar-refractivity contribution in [2.75, 3.05) is 0 Å². The molecule has 1 aliphatic rings. The van der Waals surface area contributed by atoms with Crippen LogP contribution < -0.4 is 5.32 Å². The van der Waals surface area contributed by atoms with Gasteiger partial charge in [-0.2, -0.15) is 0 Å². The number of hydrogen-bond donors (Lipinski definition) is 3. The molecule has 3 aromatic rings. The Labute approximate surface area is 130 Å². The van der Waals surface area contributed by atoms with Gasteiger partial charge < -0.3 is 5.32 Å². The highest BCUT2D eigenvalue weighted by Crippen LogP contribution is 2.37. The fourth-order valence-electron chi connectivity index (χ4n) is 3.02. The van der Waals surface area contributed by atoms with Gasteiger partial charge in [0, 0.05) is 16.7 Å². The van der Waals surface area contributed by atoms with E-state index in [2.05, 4.69) is 5.32 Å². The van der Waals surface area contributed by atoms with Crippen LogP contribution in [0.4, 0.5) is 8.78 Å². The molecule has 0 aliphatic carbocycles. The van der Waals surface area contributed by atoms with Gasteiger partial charge in [0.1, 0.15) is 23.3 Å². The summed E-state index contributed by atoms with van der Waals surface area (Å²) in [5.41, 5.74) is 2.18. The molecule has 3 nitrogen and oxygen atoms in total. The molecule has 112 valence electrons. The predicted octanol–water partition coefficient (Wildman–Crippen LogP) is 4.04. The molecule has 23 heavy (non-hydrogen) atoms. The molecule has 5 heteroatoms. The van der Waals surface area contributed by atoms with Crippen molar-refractivity contribution in [3.63, 3.8) is 0 Å². The lowest BCUT2D eigenvalue weighted by Crippen LogP contribution is -2.20. The summed E-state index contributed by atoms with van der Waals surface area (Å²) >= 11 is 0. The number of nitrogens with one attached hydrogen (secondary N) is 3. The van der Waals surface area contributed by atoms with E-state index in [0.717, 1.165) is 5.39 Å². The molecule has 0 spiro atoms. The Balaban J connectivity index is 2.19. The third-order valence-corrected chi connectivity index (χ3v) is 3.99. The van der Waals surface area contributed by atoms with Gasteiger partial charge in [-0.25, -0.2) is 8.78 Å². The fraction of sp³-hybridized carbons (Fsp3) is 0. The second kappa shape index (κ2) is 4.71. The molecule has 3 aromatic carbocycles. The normalized spacial score (nSPS) is 13.3. The van der Waals surface area contributed by atoms with Crippen LogP contribution in [0.1, 0.15) is 11.1 Å². The monoisotopic (exact) mass is 307 g/mol. The van der Waals surface area contributed by atoms with Crippen molar-refractivity contribution in [2.24, 2.45) is 0 Å². The number of rotatable bonds is 1. The first-order valence-electron chi connectivity index (χ1n) is 7.01. The number of amidine groups is 2. The molecule has 0 atom stereocenters. The van der Waals surface area contributed by atoms with Crippen LogP contribution in [0.5, 0.6) is 0 Å². The van der Waals surface area contributed by atoms with Gasteiger partial charge in [-0.05, 0) is 46.7 Å². The maximum atomic E-state index is 13.8. The Bertz CT molecular complexity index is 1010. The third kappa shape index (κ3) is 2.01.